The van der Waals surface area contributed by atoms with Gasteiger partial charge in [-0.15, -0.1) is 0 Å². The number of guanidine groups is 1. The van der Waals surface area contributed by atoms with Crippen molar-refractivity contribution in [2.24, 2.45) is 22.2 Å². The number of carbonyl (C=O) groups is 3. The third kappa shape index (κ3) is 6.07. The summed E-state index contributed by atoms with van der Waals surface area (Å²) in [5, 5.41) is 2.54. The van der Waals surface area contributed by atoms with Crippen LogP contribution in [0, 0.1) is 0 Å². The summed E-state index contributed by atoms with van der Waals surface area (Å²) < 4.78 is 0. The molecule has 2 atom stereocenters. The van der Waals surface area contributed by atoms with E-state index in [2.05, 4.69) is 10.3 Å². The lowest BCUT2D eigenvalue weighted by Gasteiger charge is -2.19. The van der Waals surface area contributed by atoms with Crippen molar-refractivity contribution in [3.05, 3.63) is 35.9 Å². The maximum atomic E-state index is 12.4. The summed E-state index contributed by atoms with van der Waals surface area (Å²) in [6, 6.07) is 7.73. The lowest BCUT2D eigenvalue weighted by molar-refractivity contribution is -0.132. The molecule has 0 radical (unpaired) electrons. The third-order valence-corrected chi connectivity index (χ3v) is 3.41. The van der Waals surface area contributed by atoms with Crippen LogP contribution in [0.4, 0.5) is 0 Å². The van der Waals surface area contributed by atoms with E-state index < -0.39 is 23.8 Å². The van der Waals surface area contributed by atoms with Gasteiger partial charge in [0.2, 0.25) is 11.8 Å². The zero-order valence-corrected chi connectivity index (χ0v) is 13.6. The topological polar surface area (TPSA) is 154 Å². The lowest BCUT2D eigenvalue weighted by Crippen LogP contribution is -2.47. The second kappa shape index (κ2) is 9.29. The molecule has 0 fully saturated rings. The molecule has 0 aliphatic heterocycles. The molecule has 0 heterocycles. The summed E-state index contributed by atoms with van der Waals surface area (Å²) in [5.74, 6) is -2.58. The van der Waals surface area contributed by atoms with Gasteiger partial charge in [0.05, 0.1) is 0 Å². The van der Waals surface area contributed by atoms with Crippen LogP contribution in [0.1, 0.15) is 31.2 Å². The number of rotatable bonds is 9. The van der Waals surface area contributed by atoms with Gasteiger partial charge in [-0.05, 0) is 25.3 Å². The fraction of sp³-hybridized carbons (Fsp3) is 0.375. The third-order valence-electron chi connectivity index (χ3n) is 3.41. The van der Waals surface area contributed by atoms with Crippen LogP contribution in [0.2, 0.25) is 0 Å². The molecule has 7 N–H and O–H groups in total. The number of carbonyl (C=O) groups excluding carboxylic acids is 3. The monoisotopic (exact) mass is 333 g/mol. The molecule has 1 aromatic rings. The van der Waals surface area contributed by atoms with Crippen LogP contribution in [-0.2, 0) is 14.4 Å². The molecule has 1 unspecified atom stereocenters. The van der Waals surface area contributed by atoms with Crippen LogP contribution in [0.5, 0.6) is 0 Å². The van der Waals surface area contributed by atoms with Gasteiger partial charge in [-0.25, -0.2) is 0 Å². The van der Waals surface area contributed by atoms with E-state index in [-0.39, 0.29) is 18.2 Å². The van der Waals surface area contributed by atoms with Gasteiger partial charge < -0.3 is 22.5 Å². The number of nitrogens with two attached hydrogens (primary N) is 3. The van der Waals surface area contributed by atoms with Gasteiger partial charge >= 0.3 is 0 Å². The van der Waals surface area contributed by atoms with E-state index in [1.807, 2.05) is 0 Å². The van der Waals surface area contributed by atoms with Crippen molar-refractivity contribution >= 4 is 23.6 Å². The van der Waals surface area contributed by atoms with E-state index in [9.17, 15) is 14.4 Å². The Morgan fingerprint density at radius 1 is 1.12 bits per heavy atom. The van der Waals surface area contributed by atoms with Crippen LogP contribution >= 0.6 is 0 Å². The number of hydrogen-bond acceptors (Lipinski definition) is 4. The molecule has 2 amide bonds. The van der Waals surface area contributed by atoms with Gasteiger partial charge in [0, 0.05) is 6.54 Å². The Bertz CT molecular complexity index is 611. The number of nitrogens with one attached hydrogen (secondary N) is 1. The summed E-state index contributed by atoms with van der Waals surface area (Å²) in [6.45, 7) is 1.64. The molecule has 0 aliphatic carbocycles. The van der Waals surface area contributed by atoms with Crippen molar-refractivity contribution < 1.29 is 14.4 Å². The SMILES string of the molecule is CC(=O)C(C(=O)N[C@@H](CCCN=C(N)N)C(N)=O)c1ccccc1. The van der Waals surface area contributed by atoms with Gasteiger partial charge in [0.25, 0.3) is 0 Å². The zero-order valence-electron chi connectivity index (χ0n) is 13.6. The van der Waals surface area contributed by atoms with E-state index in [1.54, 1.807) is 30.3 Å². The zero-order chi connectivity index (χ0) is 18.1. The second-order valence-electron chi connectivity index (χ2n) is 5.37. The van der Waals surface area contributed by atoms with Gasteiger partial charge in [-0.3, -0.25) is 19.4 Å². The Morgan fingerprint density at radius 3 is 2.25 bits per heavy atom. The van der Waals surface area contributed by atoms with Crippen LogP contribution in [0.25, 0.3) is 0 Å². The summed E-state index contributed by atoms with van der Waals surface area (Å²) in [4.78, 5) is 39.6. The minimum Gasteiger partial charge on any atom is -0.370 e. The Kier molecular flexibility index (Phi) is 7.41. The van der Waals surface area contributed by atoms with Gasteiger partial charge in [0.15, 0.2) is 5.96 Å². The van der Waals surface area contributed by atoms with Crippen LogP contribution < -0.4 is 22.5 Å². The first kappa shape index (κ1) is 19.1. The summed E-state index contributed by atoms with van der Waals surface area (Å²) >= 11 is 0. The Hall–Kier alpha value is -2.90. The van der Waals surface area contributed by atoms with E-state index in [0.29, 0.717) is 18.5 Å². The van der Waals surface area contributed by atoms with Crippen LogP contribution in [0.3, 0.4) is 0 Å². The van der Waals surface area contributed by atoms with E-state index in [4.69, 9.17) is 17.2 Å². The molecule has 8 nitrogen and oxygen atoms in total. The van der Waals surface area contributed by atoms with Crippen molar-refractivity contribution in [3.63, 3.8) is 0 Å². The van der Waals surface area contributed by atoms with E-state index >= 15 is 0 Å². The molecule has 0 saturated carbocycles. The smallest absolute Gasteiger partial charge is 0.240 e. The van der Waals surface area contributed by atoms with Gasteiger partial charge in [0.1, 0.15) is 17.7 Å². The van der Waals surface area contributed by atoms with Gasteiger partial charge in [-0.2, -0.15) is 0 Å². The molecule has 130 valence electrons. The summed E-state index contributed by atoms with van der Waals surface area (Å²) in [7, 11) is 0. The minimum absolute atomic E-state index is 0.0459. The molecular formula is C16H23N5O3. The molecule has 0 bridgehead atoms. The molecule has 1 rings (SSSR count). The number of ketones is 1. The van der Waals surface area contributed by atoms with Gasteiger partial charge in [-0.1, -0.05) is 30.3 Å². The summed E-state index contributed by atoms with van der Waals surface area (Å²) in [6.07, 6.45) is 0.735. The highest BCUT2D eigenvalue weighted by molar-refractivity contribution is 6.06. The first-order valence-electron chi connectivity index (χ1n) is 7.53. The number of hydrogen-bond donors (Lipinski definition) is 4. The maximum Gasteiger partial charge on any atom is 0.240 e. The number of nitrogens with zero attached hydrogens (tertiary/aromatic N) is 1. The quantitative estimate of drug-likeness (QED) is 0.205. The van der Waals surface area contributed by atoms with Crippen LogP contribution in [-0.4, -0.2) is 36.1 Å². The highest BCUT2D eigenvalue weighted by Crippen LogP contribution is 2.17. The Labute approximate surface area is 140 Å². The number of amides is 2. The number of aliphatic imine (C=N–C) groups is 1. The second-order valence-corrected chi connectivity index (χ2v) is 5.37. The average Bonchev–Trinajstić information content (AvgIpc) is 2.50. The highest BCUT2D eigenvalue weighted by atomic mass is 16.2. The highest BCUT2D eigenvalue weighted by Gasteiger charge is 2.28. The molecule has 0 saturated heterocycles. The predicted molar refractivity (Wildman–Crippen MR) is 90.9 cm³/mol. The number of benzene rings is 1. The standard InChI is InChI=1S/C16H23N5O3/c1-10(22)13(11-6-3-2-4-7-11)15(24)21-12(14(17)23)8-5-9-20-16(18)19/h2-4,6-7,12-13H,5,8-9H2,1H3,(H2,17,23)(H,21,24)(H4,18,19,20)/t12-,13?/m0/s1. The molecule has 0 aliphatic rings. The van der Waals surface area contributed by atoms with E-state index in [1.165, 1.54) is 6.92 Å². The van der Waals surface area contributed by atoms with Crippen molar-refractivity contribution in [2.75, 3.05) is 6.54 Å². The van der Waals surface area contributed by atoms with E-state index in [0.717, 1.165) is 0 Å². The van der Waals surface area contributed by atoms with Crippen molar-refractivity contribution in [1.29, 1.82) is 0 Å². The lowest BCUT2D eigenvalue weighted by atomic mass is 9.94. The number of Topliss-reactive ketones (excluding diaryl/α,β-unsaturated/α-hetero) is 1. The largest absolute Gasteiger partial charge is 0.370 e. The normalized spacial score (nSPS) is 12.7. The maximum absolute atomic E-state index is 12.4. The average molecular weight is 333 g/mol. The fourth-order valence-corrected chi connectivity index (χ4v) is 2.26. The Morgan fingerprint density at radius 2 is 1.75 bits per heavy atom. The molecule has 0 spiro atoms. The van der Waals surface area contributed by atoms with Crippen LogP contribution in [0.15, 0.2) is 35.3 Å². The summed E-state index contributed by atoms with van der Waals surface area (Å²) in [5.41, 5.74) is 16.3. The first-order valence-corrected chi connectivity index (χ1v) is 7.53. The molecule has 0 aromatic heterocycles. The van der Waals surface area contributed by atoms with Crippen molar-refractivity contribution in [2.45, 2.75) is 31.7 Å². The minimum atomic E-state index is -0.981. The molecule has 24 heavy (non-hydrogen) atoms. The first-order chi connectivity index (χ1) is 11.3. The molecular weight excluding hydrogens is 310 g/mol. The van der Waals surface area contributed by atoms with Crippen molar-refractivity contribution in [3.8, 4) is 0 Å². The van der Waals surface area contributed by atoms with Crippen molar-refractivity contribution in [1.82, 2.24) is 5.32 Å². The Balaban J connectivity index is 2.77. The molecule has 1 aromatic carbocycles. The fourth-order valence-electron chi connectivity index (χ4n) is 2.26. The molecule has 8 heteroatoms. The number of primary amides is 1. The predicted octanol–water partition coefficient (Wildman–Crippen LogP) is -0.617.